The smallest absolute Gasteiger partial charge is 0.241 e. The molecule has 4 nitrogen and oxygen atoms in total. The third-order valence-electron chi connectivity index (χ3n) is 2.96. The third-order valence-corrected chi connectivity index (χ3v) is 4.73. The lowest BCUT2D eigenvalue weighted by atomic mass is 10.1. The van der Waals surface area contributed by atoms with Gasteiger partial charge in [0.25, 0.3) is 0 Å². The van der Waals surface area contributed by atoms with Crippen molar-refractivity contribution in [2.24, 2.45) is 0 Å². The zero-order chi connectivity index (χ0) is 14.6. The Morgan fingerprint density at radius 1 is 1.21 bits per heavy atom. The van der Waals surface area contributed by atoms with Gasteiger partial charge < -0.3 is 5.11 Å². The maximum atomic E-state index is 12.3. The van der Waals surface area contributed by atoms with Gasteiger partial charge in [0.2, 0.25) is 10.0 Å². The lowest BCUT2D eigenvalue weighted by Crippen LogP contribution is -2.26. The van der Waals surface area contributed by atoms with Crippen LogP contribution in [0.25, 0.3) is 0 Å². The summed E-state index contributed by atoms with van der Waals surface area (Å²) in [5.74, 6) is 0. The maximum absolute atomic E-state index is 12.3. The highest BCUT2D eigenvalue weighted by atomic mass is 32.2. The van der Waals surface area contributed by atoms with Gasteiger partial charge in [-0.1, -0.05) is 17.7 Å². The van der Waals surface area contributed by atoms with Crippen LogP contribution in [0.2, 0.25) is 0 Å². The molecule has 19 heavy (non-hydrogen) atoms. The van der Waals surface area contributed by atoms with Gasteiger partial charge in [-0.25, -0.2) is 13.1 Å². The first kappa shape index (κ1) is 16.1. The zero-order valence-corrected chi connectivity index (χ0v) is 12.8. The number of benzene rings is 1. The van der Waals surface area contributed by atoms with Gasteiger partial charge >= 0.3 is 0 Å². The SMILES string of the molecule is Cc1cc(C)c(S(=O)(=O)NCCCC(C)O)c(C)c1. The number of rotatable bonds is 6. The first-order valence-electron chi connectivity index (χ1n) is 6.49. The zero-order valence-electron chi connectivity index (χ0n) is 12.0. The molecule has 5 heteroatoms. The van der Waals surface area contributed by atoms with Gasteiger partial charge in [-0.05, 0) is 51.7 Å². The van der Waals surface area contributed by atoms with Gasteiger partial charge in [-0.2, -0.15) is 0 Å². The monoisotopic (exact) mass is 285 g/mol. The van der Waals surface area contributed by atoms with Crippen molar-refractivity contribution in [1.29, 1.82) is 0 Å². The van der Waals surface area contributed by atoms with E-state index in [2.05, 4.69) is 4.72 Å². The Labute approximate surface area is 115 Å². The Kier molecular flexibility index (Phi) is 5.52. The molecule has 0 aliphatic rings. The number of sulfonamides is 1. The maximum Gasteiger partial charge on any atom is 0.241 e. The average Bonchev–Trinajstić information content (AvgIpc) is 2.22. The fourth-order valence-electron chi connectivity index (χ4n) is 2.27. The molecule has 0 amide bonds. The van der Waals surface area contributed by atoms with E-state index in [1.165, 1.54) is 0 Å². The van der Waals surface area contributed by atoms with Crippen LogP contribution in [0.3, 0.4) is 0 Å². The molecule has 0 aliphatic heterocycles. The largest absolute Gasteiger partial charge is 0.393 e. The van der Waals surface area contributed by atoms with Gasteiger partial charge in [0, 0.05) is 6.54 Å². The normalized spacial score (nSPS) is 13.5. The predicted molar refractivity (Wildman–Crippen MR) is 76.8 cm³/mol. The van der Waals surface area contributed by atoms with Crippen molar-refractivity contribution >= 4 is 10.0 Å². The van der Waals surface area contributed by atoms with Crippen LogP contribution in [0, 0.1) is 20.8 Å². The fraction of sp³-hybridized carbons (Fsp3) is 0.571. The second-order valence-electron chi connectivity index (χ2n) is 5.12. The lowest BCUT2D eigenvalue weighted by molar-refractivity contribution is 0.182. The number of hydrogen-bond acceptors (Lipinski definition) is 3. The van der Waals surface area contributed by atoms with Crippen molar-refractivity contribution in [3.05, 3.63) is 28.8 Å². The number of nitrogens with one attached hydrogen (secondary N) is 1. The molecule has 0 aliphatic carbocycles. The second kappa shape index (κ2) is 6.50. The van der Waals surface area contributed by atoms with E-state index in [4.69, 9.17) is 5.11 Å². The summed E-state index contributed by atoms with van der Waals surface area (Å²) in [5, 5.41) is 9.14. The minimum Gasteiger partial charge on any atom is -0.393 e. The van der Waals surface area contributed by atoms with Crippen molar-refractivity contribution in [3.8, 4) is 0 Å². The summed E-state index contributed by atoms with van der Waals surface area (Å²) in [7, 11) is -3.47. The summed E-state index contributed by atoms with van der Waals surface area (Å²) in [5.41, 5.74) is 2.59. The summed E-state index contributed by atoms with van der Waals surface area (Å²) in [6, 6.07) is 3.74. The second-order valence-corrected chi connectivity index (χ2v) is 6.82. The molecular weight excluding hydrogens is 262 g/mol. The molecule has 1 aromatic carbocycles. The molecule has 0 saturated carbocycles. The molecule has 0 fully saturated rings. The van der Waals surface area contributed by atoms with E-state index < -0.39 is 16.1 Å². The Bertz CT molecular complexity index is 513. The van der Waals surface area contributed by atoms with Gasteiger partial charge in [0.15, 0.2) is 0 Å². The minimum absolute atomic E-state index is 0.347. The Balaban J connectivity index is 2.84. The van der Waals surface area contributed by atoms with Crippen molar-refractivity contribution in [2.75, 3.05) is 6.54 Å². The molecule has 2 N–H and O–H groups in total. The molecule has 0 heterocycles. The van der Waals surface area contributed by atoms with E-state index in [0.717, 1.165) is 16.7 Å². The van der Waals surface area contributed by atoms with Gasteiger partial charge in [0.05, 0.1) is 11.0 Å². The molecule has 0 radical (unpaired) electrons. The van der Waals surface area contributed by atoms with Crippen molar-refractivity contribution < 1.29 is 13.5 Å². The summed E-state index contributed by atoms with van der Waals surface area (Å²) >= 11 is 0. The van der Waals surface area contributed by atoms with E-state index in [-0.39, 0.29) is 0 Å². The third kappa shape index (κ3) is 4.60. The molecule has 108 valence electrons. The summed E-state index contributed by atoms with van der Waals surface area (Å²) in [4.78, 5) is 0.371. The number of aliphatic hydroxyl groups excluding tert-OH is 1. The van der Waals surface area contributed by atoms with Crippen molar-refractivity contribution in [1.82, 2.24) is 4.72 Å². The minimum atomic E-state index is -3.47. The van der Waals surface area contributed by atoms with E-state index in [9.17, 15) is 8.42 Å². The Morgan fingerprint density at radius 3 is 2.21 bits per heavy atom. The molecule has 1 aromatic rings. The molecule has 1 unspecified atom stereocenters. The van der Waals surface area contributed by atoms with Gasteiger partial charge in [0.1, 0.15) is 0 Å². The fourth-order valence-corrected chi connectivity index (χ4v) is 3.79. The summed E-state index contributed by atoms with van der Waals surface area (Å²) in [6.45, 7) is 7.62. The van der Waals surface area contributed by atoms with Crippen LogP contribution in [0.5, 0.6) is 0 Å². The number of aryl methyl sites for hydroxylation is 3. The van der Waals surface area contributed by atoms with E-state index in [1.807, 2.05) is 32.9 Å². The van der Waals surface area contributed by atoms with Crippen LogP contribution >= 0.6 is 0 Å². The van der Waals surface area contributed by atoms with E-state index in [0.29, 0.717) is 24.3 Å². The highest BCUT2D eigenvalue weighted by Crippen LogP contribution is 2.21. The van der Waals surface area contributed by atoms with Crippen LogP contribution in [0.4, 0.5) is 0 Å². The van der Waals surface area contributed by atoms with Crippen LogP contribution in [-0.4, -0.2) is 26.2 Å². The van der Waals surface area contributed by atoms with E-state index in [1.54, 1.807) is 6.92 Å². The summed E-state index contributed by atoms with van der Waals surface area (Å²) < 4.78 is 27.1. The Morgan fingerprint density at radius 2 is 1.74 bits per heavy atom. The quantitative estimate of drug-likeness (QED) is 0.786. The molecule has 0 bridgehead atoms. The molecule has 0 aromatic heterocycles. The molecule has 1 atom stereocenters. The van der Waals surface area contributed by atoms with Crippen LogP contribution in [-0.2, 0) is 10.0 Å². The average molecular weight is 285 g/mol. The van der Waals surface area contributed by atoms with Crippen LogP contribution < -0.4 is 4.72 Å². The lowest BCUT2D eigenvalue weighted by Gasteiger charge is -2.13. The van der Waals surface area contributed by atoms with Gasteiger partial charge in [-0.3, -0.25) is 0 Å². The first-order valence-corrected chi connectivity index (χ1v) is 7.98. The first-order chi connectivity index (χ1) is 8.74. The van der Waals surface area contributed by atoms with Crippen molar-refractivity contribution in [2.45, 2.75) is 51.5 Å². The molecule has 0 saturated heterocycles. The molecule has 1 rings (SSSR count). The highest BCUT2D eigenvalue weighted by Gasteiger charge is 2.19. The number of hydrogen-bond donors (Lipinski definition) is 2. The molecular formula is C14H23NO3S. The highest BCUT2D eigenvalue weighted by molar-refractivity contribution is 7.89. The van der Waals surface area contributed by atoms with E-state index >= 15 is 0 Å². The Hall–Kier alpha value is -0.910. The summed E-state index contributed by atoms with van der Waals surface area (Å²) in [6.07, 6.45) is 0.822. The van der Waals surface area contributed by atoms with Gasteiger partial charge in [-0.15, -0.1) is 0 Å². The van der Waals surface area contributed by atoms with Crippen LogP contribution in [0.15, 0.2) is 17.0 Å². The molecule has 0 spiro atoms. The van der Waals surface area contributed by atoms with Crippen molar-refractivity contribution in [3.63, 3.8) is 0 Å². The van der Waals surface area contributed by atoms with Crippen LogP contribution in [0.1, 0.15) is 36.5 Å². The topological polar surface area (TPSA) is 66.4 Å². The standard InChI is InChI=1S/C14H23NO3S/c1-10-8-11(2)14(12(3)9-10)19(17,18)15-7-5-6-13(4)16/h8-9,13,15-16H,5-7H2,1-4H3. The number of aliphatic hydroxyl groups is 1. The predicted octanol–water partition coefficient (Wildman–Crippen LogP) is 2.05.